The van der Waals surface area contributed by atoms with E-state index in [0.717, 1.165) is 11.1 Å². The van der Waals surface area contributed by atoms with Crippen molar-refractivity contribution in [2.75, 3.05) is 37.4 Å². The standard InChI is InChI=1S/C22H22N6O3S2/c1-14-4-2-3-5-17(14)19-26-20(18-21(27-19)32-22(23)25-18)24-15-6-8-16(9-7-15)33(29,30)28-10-12-31-13-11-28/h2-9H,10-13H2,1H3,(H2,23,25)(H,24,26,27). The van der Waals surface area contributed by atoms with Gasteiger partial charge in [-0.3, -0.25) is 0 Å². The first kappa shape index (κ1) is 21.7. The molecule has 5 rings (SSSR count). The molecule has 0 amide bonds. The van der Waals surface area contributed by atoms with Gasteiger partial charge in [-0.05, 0) is 36.8 Å². The number of rotatable bonds is 5. The van der Waals surface area contributed by atoms with Crippen molar-refractivity contribution in [3.63, 3.8) is 0 Å². The molecule has 3 heterocycles. The van der Waals surface area contributed by atoms with E-state index in [4.69, 9.17) is 15.5 Å². The average Bonchev–Trinajstić information content (AvgIpc) is 3.21. The molecule has 0 bridgehead atoms. The number of benzene rings is 2. The fourth-order valence-electron chi connectivity index (χ4n) is 3.65. The molecule has 33 heavy (non-hydrogen) atoms. The monoisotopic (exact) mass is 482 g/mol. The highest BCUT2D eigenvalue weighted by Gasteiger charge is 2.26. The molecule has 1 fully saturated rings. The summed E-state index contributed by atoms with van der Waals surface area (Å²) in [6, 6.07) is 14.5. The van der Waals surface area contributed by atoms with Gasteiger partial charge in [-0.1, -0.05) is 35.6 Å². The van der Waals surface area contributed by atoms with Gasteiger partial charge in [-0.15, -0.1) is 0 Å². The van der Waals surface area contributed by atoms with E-state index in [2.05, 4.69) is 15.3 Å². The first-order chi connectivity index (χ1) is 15.9. The molecule has 1 aliphatic rings. The number of anilines is 3. The molecule has 2 aromatic heterocycles. The van der Waals surface area contributed by atoms with Crippen LogP contribution in [0, 0.1) is 6.92 Å². The maximum atomic E-state index is 12.9. The van der Waals surface area contributed by atoms with Crippen molar-refractivity contribution in [2.24, 2.45) is 0 Å². The summed E-state index contributed by atoms with van der Waals surface area (Å²) in [5.41, 5.74) is 9.16. The Bertz CT molecular complexity index is 1410. The molecule has 0 atom stereocenters. The Morgan fingerprint density at radius 3 is 2.48 bits per heavy atom. The quantitative estimate of drug-likeness (QED) is 0.444. The molecule has 1 saturated heterocycles. The maximum absolute atomic E-state index is 12.9. The SMILES string of the molecule is Cc1ccccc1-c1nc(Nc2ccc(S(=O)(=O)N3CCOCC3)cc2)c2nc(N)sc2n1. The molecule has 4 aromatic rings. The lowest BCUT2D eigenvalue weighted by atomic mass is 10.1. The predicted molar refractivity (Wildman–Crippen MR) is 129 cm³/mol. The van der Waals surface area contributed by atoms with Gasteiger partial charge in [0, 0.05) is 24.3 Å². The summed E-state index contributed by atoms with van der Waals surface area (Å²) in [6.07, 6.45) is 0. The van der Waals surface area contributed by atoms with Crippen molar-refractivity contribution in [3.8, 4) is 11.4 Å². The molecule has 0 saturated carbocycles. The van der Waals surface area contributed by atoms with E-state index < -0.39 is 10.0 Å². The lowest BCUT2D eigenvalue weighted by molar-refractivity contribution is 0.0730. The fraction of sp³-hybridized carbons (Fsp3) is 0.227. The molecule has 0 radical (unpaired) electrons. The molecule has 0 unspecified atom stereocenters. The van der Waals surface area contributed by atoms with Crippen molar-refractivity contribution < 1.29 is 13.2 Å². The number of hydrogen-bond donors (Lipinski definition) is 2. The number of thiazole rings is 1. The van der Waals surface area contributed by atoms with Crippen LogP contribution in [0.4, 0.5) is 16.6 Å². The number of nitrogens with two attached hydrogens (primary N) is 1. The van der Waals surface area contributed by atoms with Crippen LogP contribution < -0.4 is 11.1 Å². The maximum Gasteiger partial charge on any atom is 0.243 e. The third-order valence-electron chi connectivity index (χ3n) is 5.39. The Labute approximate surface area is 195 Å². The molecular formula is C22H22N6O3S2. The minimum Gasteiger partial charge on any atom is -0.379 e. The van der Waals surface area contributed by atoms with E-state index in [1.807, 2.05) is 31.2 Å². The van der Waals surface area contributed by atoms with E-state index in [-0.39, 0.29) is 4.90 Å². The van der Waals surface area contributed by atoms with Gasteiger partial charge in [0.2, 0.25) is 10.0 Å². The molecule has 1 aliphatic heterocycles. The van der Waals surface area contributed by atoms with Crippen LogP contribution in [0.1, 0.15) is 5.56 Å². The number of fused-ring (bicyclic) bond motifs is 1. The van der Waals surface area contributed by atoms with Gasteiger partial charge in [0.05, 0.1) is 18.1 Å². The van der Waals surface area contributed by atoms with Crippen LogP contribution >= 0.6 is 11.3 Å². The van der Waals surface area contributed by atoms with Crippen LogP contribution in [0.25, 0.3) is 21.7 Å². The number of hydrogen-bond acceptors (Lipinski definition) is 9. The van der Waals surface area contributed by atoms with Crippen molar-refractivity contribution in [1.29, 1.82) is 0 Å². The Morgan fingerprint density at radius 2 is 1.76 bits per heavy atom. The third-order valence-corrected chi connectivity index (χ3v) is 8.08. The zero-order chi connectivity index (χ0) is 23.0. The molecular weight excluding hydrogens is 460 g/mol. The van der Waals surface area contributed by atoms with Crippen molar-refractivity contribution in [2.45, 2.75) is 11.8 Å². The van der Waals surface area contributed by atoms with Crippen molar-refractivity contribution >= 4 is 48.3 Å². The van der Waals surface area contributed by atoms with Crippen LogP contribution in [-0.4, -0.2) is 54.0 Å². The van der Waals surface area contributed by atoms with Crippen LogP contribution in [0.2, 0.25) is 0 Å². The number of nitrogen functional groups attached to an aromatic ring is 1. The van der Waals surface area contributed by atoms with Crippen LogP contribution in [0.15, 0.2) is 53.4 Å². The number of aryl methyl sites for hydroxylation is 1. The minimum atomic E-state index is -3.56. The second-order valence-electron chi connectivity index (χ2n) is 7.58. The Balaban J connectivity index is 1.48. The largest absolute Gasteiger partial charge is 0.379 e. The topological polar surface area (TPSA) is 123 Å². The van der Waals surface area contributed by atoms with E-state index in [0.29, 0.717) is 59.1 Å². The predicted octanol–water partition coefficient (Wildman–Crippen LogP) is 3.41. The van der Waals surface area contributed by atoms with E-state index >= 15 is 0 Å². The lowest BCUT2D eigenvalue weighted by Crippen LogP contribution is -2.40. The van der Waals surface area contributed by atoms with E-state index in [1.165, 1.54) is 15.6 Å². The Hall–Kier alpha value is -3.12. The number of ether oxygens (including phenoxy) is 1. The van der Waals surface area contributed by atoms with Crippen molar-refractivity contribution in [1.82, 2.24) is 19.3 Å². The Kier molecular flexibility index (Phi) is 5.71. The Morgan fingerprint density at radius 1 is 1.03 bits per heavy atom. The minimum absolute atomic E-state index is 0.237. The number of sulfonamides is 1. The molecule has 0 aliphatic carbocycles. The fourth-order valence-corrected chi connectivity index (χ4v) is 5.77. The number of nitrogens with zero attached hydrogens (tertiary/aromatic N) is 4. The highest BCUT2D eigenvalue weighted by atomic mass is 32.2. The van der Waals surface area contributed by atoms with E-state index in [9.17, 15) is 8.42 Å². The molecule has 0 spiro atoms. The van der Waals surface area contributed by atoms with Gasteiger partial charge in [0.1, 0.15) is 5.52 Å². The van der Waals surface area contributed by atoms with Gasteiger partial charge < -0.3 is 15.8 Å². The summed E-state index contributed by atoms with van der Waals surface area (Å²) in [7, 11) is -3.56. The van der Waals surface area contributed by atoms with E-state index in [1.54, 1.807) is 24.3 Å². The summed E-state index contributed by atoms with van der Waals surface area (Å²) < 4.78 is 32.5. The first-order valence-corrected chi connectivity index (χ1v) is 12.6. The molecule has 2 aromatic carbocycles. The second kappa shape index (κ2) is 8.67. The van der Waals surface area contributed by atoms with Crippen LogP contribution in [-0.2, 0) is 14.8 Å². The first-order valence-electron chi connectivity index (χ1n) is 10.4. The summed E-state index contributed by atoms with van der Waals surface area (Å²) in [6.45, 7) is 3.53. The van der Waals surface area contributed by atoms with Gasteiger partial charge in [0.15, 0.2) is 21.6 Å². The number of nitrogens with one attached hydrogen (secondary N) is 1. The number of morpholine rings is 1. The summed E-state index contributed by atoms with van der Waals surface area (Å²) in [5.74, 6) is 1.08. The van der Waals surface area contributed by atoms with Crippen LogP contribution in [0.5, 0.6) is 0 Å². The summed E-state index contributed by atoms with van der Waals surface area (Å²) in [4.78, 5) is 14.7. The normalized spacial score (nSPS) is 15.1. The molecule has 170 valence electrons. The highest BCUT2D eigenvalue weighted by Crippen LogP contribution is 2.32. The second-order valence-corrected chi connectivity index (χ2v) is 10.5. The molecule has 11 heteroatoms. The van der Waals surface area contributed by atoms with Gasteiger partial charge in [0.25, 0.3) is 0 Å². The number of aromatic nitrogens is 3. The summed E-state index contributed by atoms with van der Waals surface area (Å²) >= 11 is 1.29. The lowest BCUT2D eigenvalue weighted by Gasteiger charge is -2.26. The smallest absolute Gasteiger partial charge is 0.243 e. The van der Waals surface area contributed by atoms with Gasteiger partial charge in [-0.25, -0.2) is 23.4 Å². The zero-order valence-corrected chi connectivity index (χ0v) is 19.5. The summed E-state index contributed by atoms with van der Waals surface area (Å²) in [5, 5.41) is 3.66. The van der Waals surface area contributed by atoms with Gasteiger partial charge in [-0.2, -0.15) is 4.31 Å². The highest BCUT2D eigenvalue weighted by molar-refractivity contribution is 7.89. The average molecular weight is 483 g/mol. The van der Waals surface area contributed by atoms with Crippen LogP contribution in [0.3, 0.4) is 0 Å². The zero-order valence-electron chi connectivity index (χ0n) is 17.9. The molecule has 9 nitrogen and oxygen atoms in total. The van der Waals surface area contributed by atoms with Crippen molar-refractivity contribution in [3.05, 3.63) is 54.1 Å². The third kappa shape index (κ3) is 4.27. The molecule has 3 N–H and O–H groups in total. The van der Waals surface area contributed by atoms with Gasteiger partial charge >= 0.3 is 0 Å².